The molecule has 1 unspecified atom stereocenters. The Hall–Kier alpha value is -3.60. The summed E-state index contributed by atoms with van der Waals surface area (Å²) in [5.41, 5.74) is 2.06. The van der Waals surface area contributed by atoms with Gasteiger partial charge in [-0.3, -0.25) is 4.79 Å². The second-order valence-electron chi connectivity index (χ2n) is 7.43. The highest BCUT2D eigenvalue weighted by Gasteiger charge is 2.13. The van der Waals surface area contributed by atoms with Gasteiger partial charge in [-0.2, -0.15) is 0 Å². The Morgan fingerprint density at radius 1 is 1.07 bits per heavy atom. The second kappa shape index (κ2) is 9.27. The third kappa shape index (κ3) is 5.26. The Balaban J connectivity index is 1.45. The molecule has 0 aliphatic carbocycles. The quantitative estimate of drug-likeness (QED) is 0.450. The van der Waals surface area contributed by atoms with Crippen molar-refractivity contribution in [1.82, 2.24) is 9.55 Å². The van der Waals surface area contributed by atoms with E-state index in [1.807, 2.05) is 41.4 Å². The molecule has 1 atom stereocenters. The van der Waals surface area contributed by atoms with Gasteiger partial charge in [0.2, 0.25) is 5.91 Å². The van der Waals surface area contributed by atoms with Crippen molar-refractivity contribution >= 4 is 22.4 Å². The summed E-state index contributed by atoms with van der Waals surface area (Å²) < 4.78 is 8.33. The first-order valence-corrected chi connectivity index (χ1v) is 10.1. The molecule has 3 aromatic carbocycles. The van der Waals surface area contributed by atoms with E-state index in [4.69, 9.17) is 4.74 Å². The number of aryl methyl sites for hydroxylation is 1. The highest BCUT2D eigenvalue weighted by Crippen LogP contribution is 2.21. The summed E-state index contributed by atoms with van der Waals surface area (Å²) >= 11 is 0. The summed E-state index contributed by atoms with van der Waals surface area (Å²) in [5.74, 6) is 0.699. The van der Waals surface area contributed by atoms with Crippen molar-refractivity contribution in [2.45, 2.75) is 32.4 Å². The molecule has 0 spiro atoms. The fraction of sp³-hybridized carbons (Fsp3) is 0.200. The number of nitrogens with zero attached hydrogens (tertiary/aromatic N) is 2. The summed E-state index contributed by atoms with van der Waals surface area (Å²) in [4.78, 5) is 15.3. The molecular weight excluding hydrogens is 374 g/mol. The maximum atomic E-state index is 11.2. The number of hydrogen-bond donors (Lipinski definition) is 1. The lowest BCUT2D eigenvalue weighted by Crippen LogP contribution is -2.23. The van der Waals surface area contributed by atoms with Gasteiger partial charge in [0.05, 0.1) is 12.9 Å². The van der Waals surface area contributed by atoms with Crippen LogP contribution in [0.5, 0.6) is 5.75 Å². The Morgan fingerprint density at radius 3 is 2.60 bits per heavy atom. The Morgan fingerprint density at radius 2 is 1.87 bits per heavy atom. The molecule has 0 saturated heterocycles. The van der Waals surface area contributed by atoms with Crippen LogP contribution in [0.1, 0.15) is 18.9 Å². The van der Waals surface area contributed by atoms with Crippen LogP contribution < -0.4 is 10.1 Å². The van der Waals surface area contributed by atoms with Crippen LogP contribution in [0.25, 0.3) is 10.8 Å². The van der Waals surface area contributed by atoms with Crippen molar-refractivity contribution in [3.05, 3.63) is 91.0 Å². The zero-order valence-corrected chi connectivity index (χ0v) is 17.0. The topological polar surface area (TPSA) is 56.1 Å². The third-order valence-corrected chi connectivity index (χ3v) is 5.02. The first-order valence-electron chi connectivity index (χ1n) is 10.1. The van der Waals surface area contributed by atoms with Crippen LogP contribution >= 0.6 is 0 Å². The van der Waals surface area contributed by atoms with Crippen LogP contribution in [0.15, 0.2) is 85.5 Å². The second-order valence-corrected chi connectivity index (χ2v) is 7.43. The first kappa shape index (κ1) is 19.7. The van der Waals surface area contributed by atoms with Gasteiger partial charge in [-0.25, -0.2) is 4.98 Å². The molecule has 0 aliphatic rings. The van der Waals surface area contributed by atoms with Gasteiger partial charge in [-0.1, -0.05) is 42.5 Å². The summed E-state index contributed by atoms with van der Waals surface area (Å²) in [5, 5.41) is 5.29. The maximum absolute atomic E-state index is 11.2. The van der Waals surface area contributed by atoms with Crippen molar-refractivity contribution in [3.8, 4) is 5.75 Å². The van der Waals surface area contributed by atoms with E-state index < -0.39 is 0 Å². The number of fused-ring (bicyclic) bond motifs is 1. The number of imidazole rings is 1. The molecule has 30 heavy (non-hydrogen) atoms. The number of benzene rings is 3. The summed E-state index contributed by atoms with van der Waals surface area (Å²) in [6.07, 6.45) is 7.34. The number of rotatable bonds is 8. The predicted octanol–water partition coefficient (Wildman–Crippen LogP) is 5.08. The smallest absolute Gasteiger partial charge is 0.221 e. The van der Waals surface area contributed by atoms with Gasteiger partial charge in [0, 0.05) is 25.0 Å². The van der Waals surface area contributed by atoms with E-state index in [-0.39, 0.29) is 12.0 Å². The Bertz CT molecular complexity index is 1100. The number of aromatic nitrogens is 2. The number of carbonyl (C=O) groups is 1. The molecule has 1 amide bonds. The molecule has 0 fully saturated rings. The van der Waals surface area contributed by atoms with E-state index >= 15 is 0 Å². The SMILES string of the molecule is CC(=O)Nc1ccc(OC(CCc2ccc3ccccc3c2)Cn2ccnc2)cc1. The van der Waals surface area contributed by atoms with Crippen LogP contribution in [-0.4, -0.2) is 21.6 Å². The van der Waals surface area contributed by atoms with Crippen LogP contribution in [0.2, 0.25) is 0 Å². The normalized spacial score (nSPS) is 11.9. The van der Waals surface area contributed by atoms with E-state index in [0.717, 1.165) is 30.8 Å². The van der Waals surface area contributed by atoms with Crippen LogP contribution in [0, 0.1) is 0 Å². The maximum Gasteiger partial charge on any atom is 0.221 e. The predicted molar refractivity (Wildman–Crippen MR) is 120 cm³/mol. The molecule has 5 heteroatoms. The molecule has 4 aromatic rings. The standard InChI is InChI=1S/C25H25N3O2/c1-19(29)27-23-9-12-24(13-10-23)30-25(17-28-15-14-26-18-28)11-7-20-6-8-21-4-2-3-5-22(21)16-20/h2-6,8-10,12-16,18,25H,7,11,17H2,1H3,(H,27,29). The monoisotopic (exact) mass is 399 g/mol. The zero-order chi connectivity index (χ0) is 20.8. The molecular formula is C25H25N3O2. The lowest BCUT2D eigenvalue weighted by Gasteiger charge is -2.20. The van der Waals surface area contributed by atoms with Gasteiger partial charge in [0.1, 0.15) is 11.9 Å². The fourth-order valence-electron chi connectivity index (χ4n) is 3.55. The molecule has 1 aromatic heterocycles. The highest BCUT2D eigenvalue weighted by atomic mass is 16.5. The summed E-state index contributed by atoms with van der Waals surface area (Å²) in [7, 11) is 0. The molecule has 4 rings (SSSR count). The van der Waals surface area contributed by atoms with Crippen molar-refractivity contribution in [2.75, 3.05) is 5.32 Å². The molecule has 1 N–H and O–H groups in total. The minimum absolute atomic E-state index is 0.00251. The van der Waals surface area contributed by atoms with Crippen LogP contribution in [-0.2, 0) is 17.8 Å². The van der Waals surface area contributed by atoms with Crippen LogP contribution in [0.3, 0.4) is 0 Å². The van der Waals surface area contributed by atoms with Crippen molar-refractivity contribution in [2.24, 2.45) is 0 Å². The van der Waals surface area contributed by atoms with Gasteiger partial charge in [0.25, 0.3) is 0 Å². The fourth-order valence-corrected chi connectivity index (χ4v) is 3.55. The van der Waals surface area contributed by atoms with E-state index in [1.54, 1.807) is 6.20 Å². The first-order chi connectivity index (χ1) is 14.7. The molecule has 152 valence electrons. The molecule has 0 radical (unpaired) electrons. The van der Waals surface area contributed by atoms with E-state index in [2.05, 4.69) is 52.8 Å². The minimum Gasteiger partial charge on any atom is -0.489 e. The molecule has 0 bridgehead atoms. The molecule has 0 aliphatic heterocycles. The van der Waals surface area contributed by atoms with E-state index in [1.165, 1.54) is 23.3 Å². The van der Waals surface area contributed by atoms with Crippen molar-refractivity contribution < 1.29 is 9.53 Å². The van der Waals surface area contributed by atoms with Crippen LogP contribution in [0.4, 0.5) is 5.69 Å². The highest BCUT2D eigenvalue weighted by molar-refractivity contribution is 5.88. The molecule has 5 nitrogen and oxygen atoms in total. The number of anilines is 1. The Kier molecular flexibility index (Phi) is 6.09. The van der Waals surface area contributed by atoms with Gasteiger partial charge >= 0.3 is 0 Å². The number of hydrogen-bond acceptors (Lipinski definition) is 3. The minimum atomic E-state index is -0.0861. The average Bonchev–Trinajstić information content (AvgIpc) is 3.26. The van der Waals surface area contributed by atoms with Gasteiger partial charge in [-0.05, 0) is 53.4 Å². The van der Waals surface area contributed by atoms with Crippen molar-refractivity contribution in [1.29, 1.82) is 0 Å². The number of nitrogens with one attached hydrogen (secondary N) is 1. The van der Waals surface area contributed by atoms with Gasteiger partial charge < -0.3 is 14.6 Å². The van der Waals surface area contributed by atoms with E-state index in [9.17, 15) is 4.79 Å². The van der Waals surface area contributed by atoms with Gasteiger partial charge in [-0.15, -0.1) is 0 Å². The summed E-state index contributed by atoms with van der Waals surface area (Å²) in [6, 6.07) is 22.5. The third-order valence-electron chi connectivity index (χ3n) is 5.02. The number of carbonyl (C=O) groups excluding carboxylic acids is 1. The molecule has 1 heterocycles. The van der Waals surface area contributed by atoms with Gasteiger partial charge in [0.15, 0.2) is 0 Å². The van der Waals surface area contributed by atoms with Crippen molar-refractivity contribution in [3.63, 3.8) is 0 Å². The number of amides is 1. The number of ether oxygens (including phenoxy) is 1. The lowest BCUT2D eigenvalue weighted by atomic mass is 10.0. The van der Waals surface area contributed by atoms with E-state index in [0.29, 0.717) is 0 Å². The summed E-state index contributed by atoms with van der Waals surface area (Å²) in [6.45, 7) is 2.22. The lowest BCUT2D eigenvalue weighted by molar-refractivity contribution is -0.114. The Labute approximate surface area is 176 Å². The zero-order valence-electron chi connectivity index (χ0n) is 17.0. The average molecular weight is 399 g/mol. The molecule has 0 saturated carbocycles. The largest absolute Gasteiger partial charge is 0.489 e.